The van der Waals surface area contributed by atoms with Crippen LogP contribution in [0.3, 0.4) is 0 Å². The molecule has 1 rings (SSSR count). The fourth-order valence-corrected chi connectivity index (χ4v) is 11.5. The van der Waals surface area contributed by atoms with Crippen molar-refractivity contribution in [2.24, 2.45) is 0 Å². The molecule has 9 heavy (non-hydrogen) atoms. The van der Waals surface area contributed by atoms with E-state index in [1.54, 1.807) is 0 Å². The fraction of sp³-hybridized carbons (Fsp3) is 1.00. The molecule has 0 saturated carbocycles. The summed E-state index contributed by atoms with van der Waals surface area (Å²) in [4.78, 5) is 0. The van der Waals surface area contributed by atoms with E-state index in [1.165, 1.54) is 0 Å². The topological polar surface area (TPSA) is 18.5 Å². The summed E-state index contributed by atoms with van der Waals surface area (Å²) in [6, 6.07) is 0. The zero-order valence-corrected chi connectivity index (χ0v) is 10.4. The average molecular weight is 177 g/mol. The first-order valence-corrected chi connectivity index (χ1v) is 8.17. The van der Waals surface area contributed by atoms with Crippen LogP contribution in [0.4, 0.5) is 0 Å². The third-order valence-corrected chi connectivity index (χ3v) is 11.1. The zero-order chi connectivity index (χ0) is 6.85. The molecule has 0 spiro atoms. The quantitative estimate of drug-likeness (QED) is 0.406. The van der Waals surface area contributed by atoms with E-state index in [4.69, 9.17) is 0 Å². The molecule has 6 heteroatoms. The molecule has 3 nitrogen and oxygen atoms in total. The Hall–Kier alpha value is 0.531. The van der Waals surface area contributed by atoms with Crippen molar-refractivity contribution in [3.05, 3.63) is 0 Å². The standard InChI is InChI=1S/C3H15N3Si3/c1-5-7-4-9(3)6(2)8-5/h4,9H,7-8H2,1-3H3. The third kappa shape index (κ3) is 1.99. The monoisotopic (exact) mass is 177 g/mol. The van der Waals surface area contributed by atoms with Gasteiger partial charge in [-0.25, -0.2) is 0 Å². The van der Waals surface area contributed by atoms with Gasteiger partial charge >= 0.3 is 0 Å². The van der Waals surface area contributed by atoms with Gasteiger partial charge in [0, 0.05) is 0 Å². The molecule has 54 valence electrons. The molecule has 0 amide bonds. The van der Waals surface area contributed by atoms with E-state index in [1.807, 2.05) is 0 Å². The Morgan fingerprint density at radius 2 is 2.11 bits per heavy atom. The summed E-state index contributed by atoms with van der Waals surface area (Å²) in [6.07, 6.45) is 0. The van der Waals surface area contributed by atoms with Crippen LogP contribution in [0.25, 0.3) is 0 Å². The predicted molar refractivity (Wildman–Crippen MR) is 48.8 cm³/mol. The van der Waals surface area contributed by atoms with Gasteiger partial charge in [0.05, 0.1) is 0 Å². The molecule has 0 aromatic heterocycles. The van der Waals surface area contributed by atoms with Crippen LogP contribution in [0.2, 0.25) is 6.55 Å². The first-order chi connectivity index (χ1) is 4.20. The number of nitrogens with zero attached hydrogens (tertiary/aromatic N) is 2. The van der Waals surface area contributed by atoms with E-state index >= 15 is 0 Å². The van der Waals surface area contributed by atoms with Crippen LogP contribution in [0.1, 0.15) is 0 Å². The van der Waals surface area contributed by atoms with Crippen molar-refractivity contribution < 1.29 is 0 Å². The van der Waals surface area contributed by atoms with Crippen LogP contribution < -0.4 is 4.65 Å². The molecular weight excluding hydrogens is 162 g/mol. The lowest BCUT2D eigenvalue weighted by atomic mass is 11.6. The Labute approximate surface area is 63.1 Å². The lowest BCUT2D eigenvalue weighted by molar-refractivity contribution is 0.677. The first-order valence-electron chi connectivity index (χ1n) is 3.32. The van der Waals surface area contributed by atoms with Crippen molar-refractivity contribution >= 4 is 28.8 Å². The maximum Gasteiger partial charge on any atom is 0.171 e. The van der Waals surface area contributed by atoms with Gasteiger partial charge < -0.3 is 13.1 Å². The molecule has 1 aliphatic rings. The Morgan fingerprint density at radius 3 is 2.56 bits per heavy atom. The van der Waals surface area contributed by atoms with Crippen LogP contribution in [0.15, 0.2) is 0 Å². The Bertz CT molecular complexity index is 100. The van der Waals surface area contributed by atoms with Gasteiger partial charge in [0.25, 0.3) is 0 Å². The predicted octanol–water partition coefficient (Wildman–Crippen LogP) is -2.70. The Balaban J connectivity index is 2.35. The molecule has 0 bridgehead atoms. The maximum atomic E-state index is 3.65. The molecular formula is C3H15N3Si3. The highest BCUT2D eigenvalue weighted by Crippen LogP contribution is 1.90. The highest BCUT2D eigenvalue weighted by Gasteiger charge is 2.18. The van der Waals surface area contributed by atoms with E-state index in [-0.39, 0.29) is 19.7 Å². The summed E-state index contributed by atoms with van der Waals surface area (Å²) in [5.41, 5.74) is 0. The van der Waals surface area contributed by atoms with Gasteiger partial charge in [-0.2, -0.15) is 0 Å². The van der Waals surface area contributed by atoms with Gasteiger partial charge in [0.15, 0.2) is 28.8 Å². The molecule has 1 N–H and O–H groups in total. The van der Waals surface area contributed by atoms with Gasteiger partial charge in [0.2, 0.25) is 0 Å². The Kier molecular flexibility index (Phi) is 2.61. The molecule has 0 aromatic rings. The normalized spacial score (nSPS) is 38.3. The summed E-state index contributed by atoms with van der Waals surface area (Å²) in [5.74, 6) is 0. The number of nitrogens with one attached hydrogen (secondary N) is 1. The number of hydrogen-bond donors (Lipinski definition) is 1. The second-order valence-electron chi connectivity index (χ2n) is 2.79. The highest BCUT2D eigenvalue weighted by molar-refractivity contribution is 6.73. The third-order valence-electron chi connectivity index (χ3n) is 1.78. The van der Waals surface area contributed by atoms with Gasteiger partial charge in [-0.05, 0) is 20.6 Å². The van der Waals surface area contributed by atoms with Crippen molar-refractivity contribution in [1.82, 2.24) is 13.1 Å². The van der Waals surface area contributed by atoms with E-state index in [0.717, 1.165) is 0 Å². The average Bonchev–Trinajstić information content (AvgIpc) is 1.80. The summed E-state index contributed by atoms with van der Waals surface area (Å²) in [7, 11) is 4.01. The minimum absolute atomic E-state index is 0.0187. The summed E-state index contributed by atoms with van der Waals surface area (Å²) in [6.45, 7) is 2.38. The highest BCUT2D eigenvalue weighted by atomic mass is 28.4. The van der Waals surface area contributed by atoms with Crippen LogP contribution >= 0.6 is 0 Å². The first kappa shape index (κ1) is 7.64. The molecule has 1 aliphatic heterocycles. The van der Waals surface area contributed by atoms with E-state index in [2.05, 4.69) is 33.8 Å². The molecule has 1 unspecified atom stereocenters. The van der Waals surface area contributed by atoms with Crippen molar-refractivity contribution in [2.75, 3.05) is 14.1 Å². The molecule has 1 saturated heterocycles. The minimum atomic E-state index is -0.562. The minimum Gasteiger partial charge on any atom is -0.343 e. The lowest BCUT2D eigenvalue weighted by Gasteiger charge is -2.35. The zero-order valence-electron chi connectivity index (χ0n) is 6.39. The SMILES string of the molecule is CN1[SiH2]N[SiH](C)N(C)[SiH2]1. The van der Waals surface area contributed by atoms with Gasteiger partial charge in [-0.1, -0.05) is 0 Å². The summed E-state index contributed by atoms with van der Waals surface area (Å²) in [5, 5.41) is 0. The van der Waals surface area contributed by atoms with Crippen molar-refractivity contribution in [2.45, 2.75) is 6.55 Å². The molecule has 0 aliphatic carbocycles. The van der Waals surface area contributed by atoms with E-state index in [0.29, 0.717) is 0 Å². The number of rotatable bonds is 0. The maximum absolute atomic E-state index is 3.65. The molecule has 1 fully saturated rings. The summed E-state index contributed by atoms with van der Waals surface area (Å²) >= 11 is 0. The van der Waals surface area contributed by atoms with Crippen LogP contribution in [-0.4, -0.2) is 51.4 Å². The van der Waals surface area contributed by atoms with Gasteiger partial charge in [0.1, 0.15) is 0 Å². The Morgan fingerprint density at radius 1 is 1.44 bits per heavy atom. The molecule has 0 aromatic carbocycles. The smallest absolute Gasteiger partial charge is 0.171 e. The molecule has 0 radical (unpaired) electrons. The van der Waals surface area contributed by atoms with Crippen molar-refractivity contribution in [3.8, 4) is 0 Å². The van der Waals surface area contributed by atoms with Crippen molar-refractivity contribution in [3.63, 3.8) is 0 Å². The largest absolute Gasteiger partial charge is 0.343 e. The van der Waals surface area contributed by atoms with E-state index in [9.17, 15) is 0 Å². The van der Waals surface area contributed by atoms with Crippen LogP contribution in [0, 0.1) is 0 Å². The fourth-order valence-electron chi connectivity index (χ4n) is 0.997. The van der Waals surface area contributed by atoms with Crippen LogP contribution in [-0.2, 0) is 0 Å². The molecule has 1 atom stereocenters. The van der Waals surface area contributed by atoms with Crippen molar-refractivity contribution in [1.29, 1.82) is 0 Å². The lowest BCUT2D eigenvalue weighted by Crippen LogP contribution is -2.62. The summed E-state index contributed by atoms with van der Waals surface area (Å²) < 4.78 is 8.77. The van der Waals surface area contributed by atoms with Crippen LogP contribution in [0.5, 0.6) is 0 Å². The molecule has 1 heterocycles. The van der Waals surface area contributed by atoms with Gasteiger partial charge in [-0.3, -0.25) is 0 Å². The second kappa shape index (κ2) is 3.08. The van der Waals surface area contributed by atoms with E-state index < -0.39 is 9.12 Å². The second-order valence-corrected chi connectivity index (χ2v) is 12.0. The van der Waals surface area contributed by atoms with Gasteiger partial charge in [-0.15, -0.1) is 0 Å². The number of hydrogen-bond acceptors (Lipinski definition) is 3.